The number of carbonyl (C=O) groups excluding carboxylic acids is 1. The third kappa shape index (κ3) is 5.49. The number of carbonyl (C=O) groups is 1. The Labute approximate surface area is 118 Å². The van der Waals surface area contributed by atoms with E-state index in [1.54, 1.807) is 0 Å². The quantitative estimate of drug-likeness (QED) is 0.798. The number of likely N-dealkylation sites (N-methyl/N-ethyl adjacent to an activating group) is 2. The van der Waals surface area contributed by atoms with Crippen molar-refractivity contribution in [3.8, 4) is 0 Å². The molecule has 2 N–H and O–H groups in total. The minimum atomic E-state index is 0.290. The SMILES string of the molecule is CCN(C(=O)CC1CCC(N)CC1)C(C)CN(C)C. The van der Waals surface area contributed by atoms with Crippen LogP contribution in [0.2, 0.25) is 0 Å². The van der Waals surface area contributed by atoms with Gasteiger partial charge in [-0.15, -0.1) is 0 Å². The molecule has 4 nitrogen and oxygen atoms in total. The number of amides is 1. The first-order chi connectivity index (χ1) is 8.93. The van der Waals surface area contributed by atoms with E-state index in [1.807, 2.05) is 4.90 Å². The first kappa shape index (κ1) is 16.4. The van der Waals surface area contributed by atoms with E-state index >= 15 is 0 Å². The largest absolute Gasteiger partial charge is 0.339 e. The van der Waals surface area contributed by atoms with Crippen molar-refractivity contribution in [3.63, 3.8) is 0 Å². The zero-order chi connectivity index (χ0) is 14.4. The maximum atomic E-state index is 12.4. The highest BCUT2D eigenvalue weighted by Gasteiger charge is 2.25. The van der Waals surface area contributed by atoms with Crippen LogP contribution in [0, 0.1) is 5.92 Å². The maximum Gasteiger partial charge on any atom is 0.223 e. The van der Waals surface area contributed by atoms with E-state index in [-0.39, 0.29) is 0 Å². The third-order valence-corrected chi connectivity index (χ3v) is 4.18. The molecule has 19 heavy (non-hydrogen) atoms. The highest BCUT2D eigenvalue weighted by molar-refractivity contribution is 5.76. The summed E-state index contributed by atoms with van der Waals surface area (Å²) in [5.41, 5.74) is 5.92. The molecule has 112 valence electrons. The fourth-order valence-corrected chi connectivity index (χ4v) is 3.12. The Bertz CT molecular complexity index is 273. The summed E-state index contributed by atoms with van der Waals surface area (Å²) in [6.45, 7) is 5.94. The fraction of sp³-hybridized carbons (Fsp3) is 0.933. The monoisotopic (exact) mass is 269 g/mol. The molecule has 0 aromatic rings. The molecule has 1 unspecified atom stereocenters. The minimum absolute atomic E-state index is 0.290. The Morgan fingerprint density at radius 2 is 1.84 bits per heavy atom. The van der Waals surface area contributed by atoms with Gasteiger partial charge in [0.25, 0.3) is 0 Å². The van der Waals surface area contributed by atoms with Crippen LogP contribution in [-0.2, 0) is 4.79 Å². The van der Waals surface area contributed by atoms with Crippen molar-refractivity contribution in [1.29, 1.82) is 0 Å². The molecule has 1 rings (SSSR count). The average Bonchev–Trinajstić information content (AvgIpc) is 2.32. The topological polar surface area (TPSA) is 49.6 Å². The van der Waals surface area contributed by atoms with Crippen LogP contribution in [0.15, 0.2) is 0 Å². The van der Waals surface area contributed by atoms with Gasteiger partial charge >= 0.3 is 0 Å². The fourth-order valence-electron chi connectivity index (χ4n) is 3.12. The summed E-state index contributed by atoms with van der Waals surface area (Å²) >= 11 is 0. The van der Waals surface area contributed by atoms with Crippen molar-refractivity contribution in [2.45, 2.75) is 58.0 Å². The molecule has 4 heteroatoms. The van der Waals surface area contributed by atoms with E-state index < -0.39 is 0 Å². The van der Waals surface area contributed by atoms with Crippen LogP contribution in [0.1, 0.15) is 46.0 Å². The molecule has 0 radical (unpaired) electrons. The Morgan fingerprint density at radius 1 is 1.26 bits per heavy atom. The lowest BCUT2D eigenvalue weighted by atomic mass is 9.84. The van der Waals surface area contributed by atoms with Gasteiger partial charge in [-0.3, -0.25) is 4.79 Å². The molecule has 1 aliphatic carbocycles. The lowest BCUT2D eigenvalue weighted by Crippen LogP contribution is -2.44. The van der Waals surface area contributed by atoms with Gasteiger partial charge in [-0.25, -0.2) is 0 Å². The van der Waals surface area contributed by atoms with Crippen LogP contribution in [0.25, 0.3) is 0 Å². The smallest absolute Gasteiger partial charge is 0.223 e. The van der Waals surface area contributed by atoms with Gasteiger partial charge in [0.2, 0.25) is 5.91 Å². The molecule has 1 saturated carbocycles. The van der Waals surface area contributed by atoms with Crippen molar-refractivity contribution in [2.75, 3.05) is 27.2 Å². The van der Waals surface area contributed by atoms with Crippen LogP contribution >= 0.6 is 0 Å². The van der Waals surface area contributed by atoms with E-state index in [4.69, 9.17) is 5.73 Å². The summed E-state index contributed by atoms with van der Waals surface area (Å²) < 4.78 is 0. The number of nitrogens with two attached hydrogens (primary N) is 1. The molecule has 0 aromatic heterocycles. The van der Waals surface area contributed by atoms with Gasteiger partial charge in [0.15, 0.2) is 0 Å². The Balaban J connectivity index is 2.45. The molecule has 0 aliphatic heterocycles. The van der Waals surface area contributed by atoms with Crippen LogP contribution in [-0.4, -0.2) is 55.0 Å². The second-order valence-corrected chi connectivity index (χ2v) is 6.28. The number of rotatable bonds is 6. The first-order valence-electron chi connectivity index (χ1n) is 7.63. The van der Waals surface area contributed by atoms with Crippen LogP contribution in [0.3, 0.4) is 0 Å². The van der Waals surface area contributed by atoms with Crippen molar-refractivity contribution in [1.82, 2.24) is 9.80 Å². The van der Waals surface area contributed by atoms with Gasteiger partial charge in [0.05, 0.1) is 0 Å². The zero-order valence-electron chi connectivity index (χ0n) is 13.1. The van der Waals surface area contributed by atoms with Crippen LogP contribution < -0.4 is 5.73 Å². The summed E-state index contributed by atoms with van der Waals surface area (Å²) in [6.07, 6.45) is 5.10. The van der Waals surface area contributed by atoms with Gasteiger partial charge in [-0.2, -0.15) is 0 Å². The molecular weight excluding hydrogens is 238 g/mol. The average molecular weight is 269 g/mol. The van der Waals surface area contributed by atoms with E-state index in [0.29, 0.717) is 30.3 Å². The van der Waals surface area contributed by atoms with E-state index in [2.05, 4.69) is 32.8 Å². The number of hydrogen-bond acceptors (Lipinski definition) is 3. The van der Waals surface area contributed by atoms with Gasteiger partial charge in [-0.05, 0) is 59.5 Å². The molecule has 1 fully saturated rings. The second kappa shape index (κ2) is 7.85. The third-order valence-electron chi connectivity index (χ3n) is 4.18. The summed E-state index contributed by atoms with van der Waals surface area (Å²) in [6, 6.07) is 0.652. The second-order valence-electron chi connectivity index (χ2n) is 6.28. The Morgan fingerprint density at radius 3 is 2.32 bits per heavy atom. The molecule has 0 heterocycles. The first-order valence-corrected chi connectivity index (χ1v) is 7.63. The Kier molecular flexibility index (Phi) is 6.80. The summed E-state index contributed by atoms with van der Waals surface area (Å²) in [4.78, 5) is 16.6. The molecule has 1 aliphatic rings. The molecule has 0 bridgehead atoms. The zero-order valence-corrected chi connectivity index (χ0v) is 13.1. The van der Waals surface area contributed by atoms with Gasteiger partial charge in [-0.1, -0.05) is 0 Å². The normalized spacial score (nSPS) is 25.4. The summed E-state index contributed by atoms with van der Waals surface area (Å²) in [7, 11) is 4.11. The minimum Gasteiger partial charge on any atom is -0.339 e. The van der Waals surface area contributed by atoms with Crippen molar-refractivity contribution in [3.05, 3.63) is 0 Å². The Hall–Kier alpha value is -0.610. The predicted octanol–water partition coefficient (Wildman–Crippen LogP) is 1.69. The van der Waals surface area contributed by atoms with E-state index in [1.165, 1.54) is 0 Å². The van der Waals surface area contributed by atoms with E-state index in [0.717, 1.165) is 38.8 Å². The molecule has 1 atom stereocenters. The molecule has 0 spiro atoms. The van der Waals surface area contributed by atoms with Gasteiger partial charge in [0, 0.05) is 31.6 Å². The lowest BCUT2D eigenvalue weighted by Gasteiger charge is -2.32. The summed E-state index contributed by atoms with van der Waals surface area (Å²) in [5, 5.41) is 0. The lowest BCUT2D eigenvalue weighted by molar-refractivity contribution is -0.134. The van der Waals surface area contributed by atoms with Gasteiger partial charge in [0.1, 0.15) is 0 Å². The van der Waals surface area contributed by atoms with Gasteiger partial charge < -0.3 is 15.5 Å². The predicted molar refractivity (Wildman–Crippen MR) is 80.0 cm³/mol. The maximum absolute atomic E-state index is 12.4. The standard InChI is InChI=1S/C15H31N3O/c1-5-18(12(2)11-17(3)4)15(19)10-13-6-8-14(16)9-7-13/h12-14H,5-11,16H2,1-4H3. The molecular formula is C15H31N3O. The van der Waals surface area contributed by atoms with Crippen molar-refractivity contribution in [2.24, 2.45) is 11.7 Å². The molecule has 1 amide bonds. The van der Waals surface area contributed by atoms with Crippen LogP contribution in [0.4, 0.5) is 0 Å². The number of hydrogen-bond donors (Lipinski definition) is 1. The van der Waals surface area contributed by atoms with Crippen LogP contribution in [0.5, 0.6) is 0 Å². The van der Waals surface area contributed by atoms with Crippen molar-refractivity contribution >= 4 is 5.91 Å². The highest BCUT2D eigenvalue weighted by atomic mass is 16.2. The van der Waals surface area contributed by atoms with Crippen molar-refractivity contribution < 1.29 is 4.79 Å². The summed E-state index contributed by atoms with van der Waals surface area (Å²) in [5.74, 6) is 0.866. The molecule has 0 aromatic carbocycles. The highest BCUT2D eigenvalue weighted by Crippen LogP contribution is 2.26. The molecule has 0 saturated heterocycles. The van der Waals surface area contributed by atoms with E-state index in [9.17, 15) is 4.79 Å². The number of nitrogens with zero attached hydrogens (tertiary/aromatic N) is 2.